The summed E-state index contributed by atoms with van der Waals surface area (Å²) in [5, 5.41) is 16.2. The Morgan fingerprint density at radius 2 is 1.03 bits per heavy atom. The van der Waals surface area contributed by atoms with Crippen LogP contribution in [0.5, 0.6) is 0 Å². The van der Waals surface area contributed by atoms with Crippen LogP contribution in [0.1, 0.15) is 141 Å². The number of hydrogen-bond acceptors (Lipinski definition) is 16. The number of carbonyl (C=O) groups is 9. The Bertz CT molecular complexity index is 2260. The molecule has 0 aromatic heterocycles. The Labute approximate surface area is 455 Å². The maximum atomic E-state index is 13.3. The van der Waals surface area contributed by atoms with Gasteiger partial charge in [-0.15, -0.1) is 47.0 Å². The minimum absolute atomic E-state index is 0.0238. The Morgan fingerprint density at radius 3 is 1.45 bits per heavy atom. The molecule has 0 saturated carbocycles. The number of rotatable bonds is 26. The SMILES string of the molecule is CCCC(CC(=O)[C@@H]1CC2(CN1C)SCCCS2)C(=O)C(=O)CCC(=O)N[C@H](C(C)=O)c1ccccc1.CCCC(CC(=O)[C@@H]1CC2(CN1C)SCCCS2)C(O)C(=O)CCC(=O)N[C@H](C(C)=O)c1ccccc1. The smallest absolute Gasteiger partial charge is 0.221 e. The second-order valence-corrected chi connectivity index (χ2v) is 26.7. The van der Waals surface area contributed by atoms with Crippen molar-refractivity contribution in [3.05, 3.63) is 71.8 Å². The van der Waals surface area contributed by atoms with Crippen molar-refractivity contribution in [2.24, 2.45) is 11.8 Å². The topological polar surface area (TPSA) is 204 Å². The van der Waals surface area contributed by atoms with Gasteiger partial charge in [0.15, 0.2) is 28.9 Å². The fourth-order valence-corrected chi connectivity index (χ4v) is 17.4. The van der Waals surface area contributed by atoms with Crippen LogP contribution in [-0.4, -0.2) is 144 Å². The summed E-state index contributed by atoms with van der Waals surface area (Å²) in [5.41, 5.74) is 1.34. The molecule has 2 aromatic carbocycles. The molecule has 3 unspecified atom stereocenters. The minimum atomic E-state index is -1.28. The molecule has 14 nitrogen and oxygen atoms in total. The fraction of sp³-hybridized carbons (Fsp3) is 0.625. The van der Waals surface area contributed by atoms with E-state index in [0.717, 1.165) is 55.4 Å². The van der Waals surface area contributed by atoms with Crippen LogP contribution in [0.25, 0.3) is 0 Å². The van der Waals surface area contributed by atoms with Crippen molar-refractivity contribution in [2.75, 3.05) is 50.2 Å². The third-order valence-corrected chi connectivity index (χ3v) is 21.0. The molecule has 0 radical (unpaired) electrons. The number of likely N-dealkylation sites (N-methyl/N-ethyl adjacent to an activating group) is 2. The first-order valence-electron chi connectivity index (χ1n) is 26.3. The molecule has 4 aliphatic rings. The molecule has 0 aliphatic carbocycles. The summed E-state index contributed by atoms with van der Waals surface area (Å²) in [6, 6.07) is 15.9. The highest BCUT2D eigenvalue weighted by molar-refractivity contribution is 8.19. The van der Waals surface area contributed by atoms with Gasteiger partial charge in [-0.3, -0.25) is 53.0 Å². The van der Waals surface area contributed by atoms with Gasteiger partial charge in [0.2, 0.25) is 17.6 Å². The maximum Gasteiger partial charge on any atom is 0.221 e. The molecule has 406 valence electrons. The van der Waals surface area contributed by atoms with Crippen molar-refractivity contribution in [1.29, 1.82) is 0 Å². The number of ketones is 7. The molecule has 74 heavy (non-hydrogen) atoms. The zero-order chi connectivity index (χ0) is 54.0. The number of thioether (sulfide) groups is 4. The van der Waals surface area contributed by atoms with Gasteiger partial charge in [-0.25, -0.2) is 0 Å². The Kier molecular flexibility index (Phi) is 24.6. The van der Waals surface area contributed by atoms with Gasteiger partial charge in [0.1, 0.15) is 24.0 Å². The van der Waals surface area contributed by atoms with E-state index < -0.39 is 59.2 Å². The van der Waals surface area contributed by atoms with Crippen LogP contribution in [0.4, 0.5) is 0 Å². The number of nitrogens with one attached hydrogen (secondary N) is 2. The molecule has 3 N–H and O–H groups in total. The Morgan fingerprint density at radius 1 is 0.608 bits per heavy atom. The van der Waals surface area contributed by atoms with E-state index in [1.54, 1.807) is 48.5 Å². The van der Waals surface area contributed by atoms with E-state index in [1.165, 1.54) is 26.7 Å². The van der Waals surface area contributed by atoms with Gasteiger partial charge in [0, 0.05) is 57.5 Å². The van der Waals surface area contributed by atoms with Gasteiger partial charge >= 0.3 is 0 Å². The highest BCUT2D eigenvalue weighted by Gasteiger charge is 2.49. The molecule has 18 heteroatoms. The summed E-state index contributed by atoms with van der Waals surface area (Å²) < 4.78 is 0.130. The fourth-order valence-electron chi connectivity index (χ4n) is 10.4. The molecule has 4 heterocycles. The molecule has 2 spiro atoms. The summed E-state index contributed by atoms with van der Waals surface area (Å²) in [4.78, 5) is 119. The van der Waals surface area contributed by atoms with Crippen LogP contribution in [0.3, 0.4) is 0 Å². The summed E-state index contributed by atoms with van der Waals surface area (Å²) in [7, 11) is 3.96. The summed E-state index contributed by atoms with van der Waals surface area (Å²) in [5.74, 6) is 0.536. The number of amides is 2. The quantitative estimate of drug-likeness (QED) is 0.0770. The van der Waals surface area contributed by atoms with E-state index in [9.17, 15) is 48.3 Å². The Hall–Kier alpha value is -3.65. The van der Waals surface area contributed by atoms with Crippen molar-refractivity contribution >= 4 is 99.3 Å². The van der Waals surface area contributed by atoms with Crippen molar-refractivity contribution < 1.29 is 48.3 Å². The van der Waals surface area contributed by atoms with Crippen LogP contribution in [-0.2, 0) is 43.2 Å². The van der Waals surface area contributed by atoms with Crippen LogP contribution in [0.2, 0.25) is 0 Å². The van der Waals surface area contributed by atoms with Gasteiger partial charge in [-0.05, 0) is 107 Å². The highest BCUT2D eigenvalue weighted by Crippen LogP contribution is 2.51. The number of Topliss-reactive ketones (excluding diaryl/α,β-unsaturated/α-hetero) is 7. The standard InChI is InChI=1S/C28H40N2O5S2.C28H38N2O5S2/c2*1-4-9-21(16-24(33)22-17-28(18-30(22)3)36-14-8-15-37-28)27(35)23(32)12-13-25(34)29-26(19(2)31)20-10-6-5-7-11-20/h5-7,10-11,21-22,26-27,35H,4,8-9,12-18H2,1-3H3,(H,29,34);5-7,10-11,21-22,26H,4,8-9,12-18H2,1-3H3,(H,29,34)/t21?,22-,26+,27?;21?,22-,26+/m00/s1. The first kappa shape index (κ1) is 61.2. The van der Waals surface area contributed by atoms with E-state index in [0.29, 0.717) is 30.4 Å². The predicted molar refractivity (Wildman–Crippen MR) is 298 cm³/mol. The lowest BCUT2D eigenvalue weighted by Crippen LogP contribution is -2.38. The molecule has 0 bridgehead atoms. The van der Waals surface area contributed by atoms with Gasteiger partial charge in [0.25, 0.3) is 0 Å². The largest absolute Gasteiger partial charge is 0.385 e. The summed E-state index contributed by atoms with van der Waals surface area (Å²) in [6.45, 7) is 8.43. The lowest BCUT2D eigenvalue weighted by Gasteiger charge is -2.31. The van der Waals surface area contributed by atoms with Gasteiger partial charge in [-0.2, -0.15) is 0 Å². The third kappa shape index (κ3) is 17.7. The van der Waals surface area contributed by atoms with Crippen LogP contribution in [0.15, 0.2) is 60.7 Å². The highest BCUT2D eigenvalue weighted by atomic mass is 32.2. The van der Waals surface area contributed by atoms with E-state index >= 15 is 0 Å². The number of nitrogens with zero attached hydrogens (tertiary/aromatic N) is 2. The van der Waals surface area contributed by atoms with E-state index in [1.807, 2.05) is 87.1 Å². The third-order valence-electron chi connectivity index (χ3n) is 14.3. The molecule has 2 aromatic rings. The second-order valence-electron chi connectivity index (χ2n) is 20.3. The van der Waals surface area contributed by atoms with E-state index in [2.05, 4.69) is 20.4 Å². The molecular weight excluding hydrogens is 1020 g/mol. The lowest BCUT2D eigenvalue weighted by atomic mass is 9.86. The first-order valence-corrected chi connectivity index (χ1v) is 30.2. The number of likely N-dealkylation sites (tertiary alicyclic amines) is 2. The van der Waals surface area contributed by atoms with Gasteiger partial charge < -0.3 is 15.7 Å². The first-order chi connectivity index (χ1) is 35.3. The Balaban J connectivity index is 0.000000274. The van der Waals surface area contributed by atoms with Gasteiger partial charge in [0.05, 0.1) is 20.2 Å². The molecule has 7 atom stereocenters. The monoisotopic (exact) mass is 1090 g/mol. The molecule has 2 amide bonds. The lowest BCUT2D eigenvalue weighted by molar-refractivity contribution is -0.141. The van der Waals surface area contributed by atoms with E-state index in [4.69, 9.17) is 0 Å². The number of hydrogen-bond donors (Lipinski definition) is 3. The van der Waals surface area contributed by atoms with Gasteiger partial charge in [-0.1, -0.05) is 87.4 Å². The molecule has 6 rings (SSSR count). The summed E-state index contributed by atoms with van der Waals surface area (Å²) >= 11 is 7.80. The van der Waals surface area contributed by atoms with Crippen LogP contribution < -0.4 is 10.6 Å². The van der Waals surface area contributed by atoms with Crippen molar-refractivity contribution in [2.45, 2.75) is 156 Å². The van der Waals surface area contributed by atoms with Crippen molar-refractivity contribution in [3.63, 3.8) is 0 Å². The number of aliphatic hydroxyl groups is 1. The maximum absolute atomic E-state index is 13.3. The van der Waals surface area contributed by atoms with Crippen LogP contribution >= 0.6 is 47.0 Å². The zero-order valence-electron chi connectivity index (χ0n) is 44.1. The normalized spacial score (nSPS) is 21.3. The summed E-state index contributed by atoms with van der Waals surface area (Å²) in [6.07, 6.45) is 4.69. The van der Waals surface area contributed by atoms with E-state index in [-0.39, 0.29) is 81.9 Å². The number of carbonyl (C=O) groups excluding carboxylic acids is 9. The predicted octanol–water partition coefficient (Wildman–Crippen LogP) is 7.79. The number of benzene rings is 2. The van der Waals surface area contributed by atoms with Crippen LogP contribution in [0, 0.1) is 11.8 Å². The molecule has 4 fully saturated rings. The molecule has 4 aliphatic heterocycles. The minimum Gasteiger partial charge on any atom is -0.385 e. The van der Waals surface area contributed by atoms with Crippen molar-refractivity contribution in [3.8, 4) is 0 Å². The van der Waals surface area contributed by atoms with Crippen molar-refractivity contribution in [1.82, 2.24) is 20.4 Å². The molecule has 4 saturated heterocycles. The average Bonchev–Trinajstić information content (AvgIpc) is 3.89. The molecular formula is C56H78N4O10S4. The number of aliphatic hydroxyl groups excluding tert-OH is 1. The average molecular weight is 1100 g/mol. The second kappa shape index (κ2) is 29.8. The zero-order valence-corrected chi connectivity index (χ0v) is 47.4.